The quantitative estimate of drug-likeness (QED) is 0.723. The number of amides is 1. The Hall–Kier alpha value is -2.60. The highest BCUT2D eigenvalue weighted by atomic mass is 16.2. The molecular weight excluding hydrogens is 248 g/mol. The van der Waals surface area contributed by atoms with Crippen molar-refractivity contribution in [2.75, 3.05) is 11.4 Å². The van der Waals surface area contributed by atoms with Crippen molar-refractivity contribution in [1.29, 1.82) is 0 Å². The number of hydrogen-bond acceptors (Lipinski definition) is 1. The average molecular weight is 262 g/mol. The molecule has 0 spiro atoms. The van der Waals surface area contributed by atoms with E-state index in [1.54, 1.807) is 4.90 Å². The Labute approximate surface area is 118 Å². The minimum atomic E-state index is -0.165. The van der Waals surface area contributed by atoms with E-state index < -0.39 is 0 Å². The van der Waals surface area contributed by atoms with E-state index in [2.05, 4.69) is 17.0 Å². The van der Waals surface area contributed by atoms with Gasteiger partial charge in [0, 0.05) is 0 Å². The third-order valence-electron chi connectivity index (χ3n) is 3.59. The molecule has 0 unspecified atom stereocenters. The SMILES string of the molecule is [C-]#[N+]CC(=O)N1c2ccccc2CCc2ccccc21. The summed E-state index contributed by atoms with van der Waals surface area (Å²) in [7, 11) is 0. The molecule has 0 saturated heterocycles. The summed E-state index contributed by atoms with van der Waals surface area (Å²) in [5.74, 6) is -0.165. The van der Waals surface area contributed by atoms with Crippen molar-refractivity contribution in [2.24, 2.45) is 0 Å². The maximum absolute atomic E-state index is 12.4. The van der Waals surface area contributed by atoms with Gasteiger partial charge in [-0.05, 0) is 36.1 Å². The smallest absolute Gasteiger partial charge is 0.306 e. The van der Waals surface area contributed by atoms with Crippen molar-refractivity contribution in [3.05, 3.63) is 71.1 Å². The van der Waals surface area contributed by atoms with Crippen LogP contribution in [0.15, 0.2) is 48.5 Å². The van der Waals surface area contributed by atoms with Crippen LogP contribution in [0.25, 0.3) is 4.85 Å². The van der Waals surface area contributed by atoms with Crippen LogP contribution in [0.5, 0.6) is 0 Å². The molecule has 1 aliphatic rings. The Morgan fingerprint density at radius 2 is 1.50 bits per heavy atom. The molecule has 98 valence electrons. The molecule has 0 bridgehead atoms. The van der Waals surface area contributed by atoms with Crippen molar-refractivity contribution in [1.82, 2.24) is 0 Å². The second kappa shape index (κ2) is 5.18. The first kappa shape index (κ1) is 12.4. The molecule has 1 aliphatic heterocycles. The molecule has 3 rings (SSSR count). The fourth-order valence-corrected chi connectivity index (χ4v) is 2.69. The Morgan fingerprint density at radius 3 is 2.00 bits per heavy atom. The first-order valence-corrected chi connectivity index (χ1v) is 6.63. The van der Waals surface area contributed by atoms with E-state index in [-0.39, 0.29) is 12.5 Å². The van der Waals surface area contributed by atoms with Crippen LogP contribution in [0.3, 0.4) is 0 Å². The zero-order chi connectivity index (χ0) is 13.9. The zero-order valence-electron chi connectivity index (χ0n) is 11.0. The molecule has 2 aromatic rings. The highest BCUT2D eigenvalue weighted by molar-refractivity contribution is 6.03. The monoisotopic (exact) mass is 262 g/mol. The number of carbonyl (C=O) groups is 1. The number of nitrogens with zero attached hydrogens (tertiary/aromatic N) is 2. The van der Waals surface area contributed by atoms with Gasteiger partial charge in [0.15, 0.2) is 0 Å². The number of para-hydroxylation sites is 2. The van der Waals surface area contributed by atoms with Gasteiger partial charge in [-0.3, -0.25) is 9.69 Å². The largest absolute Gasteiger partial charge is 0.311 e. The Balaban J connectivity index is 2.19. The summed E-state index contributed by atoms with van der Waals surface area (Å²) in [6, 6.07) is 15.9. The molecule has 1 heterocycles. The maximum Gasteiger partial charge on any atom is 0.311 e. The molecule has 0 radical (unpaired) electrons. The molecule has 0 N–H and O–H groups in total. The van der Waals surface area contributed by atoms with E-state index >= 15 is 0 Å². The number of aryl methyl sites for hydroxylation is 2. The number of carbonyl (C=O) groups excluding carboxylic acids is 1. The Bertz CT molecular complexity index is 653. The second-order valence-electron chi connectivity index (χ2n) is 4.80. The number of hydrogen-bond donors (Lipinski definition) is 0. The van der Waals surface area contributed by atoms with Gasteiger partial charge in [0.25, 0.3) is 6.54 Å². The summed E-state index contributed by atoms with van der Waals surface area (Å²) < 4.78 is 0. The van der Waals surface area contributed by atoms with Gasteiger partial charge in [-0.2, -0.15) is 0 Å². The van der Waals surface area contributed by atoms with E-state index in [1.165, 1.54) is 0 Å². The van der Waals surface area contributed by atoms with Gasteiger partial charge in [-0.1, -0.05) is 36.4 Å². The van der Waals surface area contributed by atoms with Gasteiger partial charge in [0.2, 0.25) is 0 Å². The van der Waals surface area contributed by atoms with Crippen LogP contribution in [0.2, 0.25) is 0 Å². The lowest BCUT2D eigenvalue weighted by atomic mass is 10.0. The maximum atomic E-state index is 12.4. The van der Waals surface area contributed by atoms with Crippen molar-refractivity contribution in [3.8, 4) is 0 Å². The molecule has 0 atom stereocenters. The first-order chi connectivity index (χ1) is 9.81. The van der Waals surface area contributed by atoms with Crippen LogP contribution in [0, 0.1) is 6.57 Å². The lowest BCUT2D eigenvalue weighted by molar-refractivity contribution is -0.116. The summed E-state index contributed by atoms with van der Waals surface area (Å²) in [5, 5.41) is 0. The second-order valence-corrected chi connectivity index (χ2v) is 4.80. The Morgan fingerprint density at radius 1 is 1.00 bits per heavy atom. The van der Waals surface area contributed by atoms with Gasteiger partial charge in [0.1, 0.15) is 0 Å². The third kappa shape index (κ3) is 2.06. The lowest BCUT2D eigenvalue weighted by Crippen LogP contribution is -2.28. The molecule has 3 heteroatoms. The van der Waals surface area contributed by atoms with Gasteiger partial charge in [0.05, 0.1) is 11.4 Å². The molecule has 3 nitrogen and oxygen atoms in total. The van der Waals surface area contributed by atoms with Crippen molar-refractivity contribution in [2.45, 2.75) is 12.8 Å². The number of rotatable bonds is 1. The van der Waals surface area contributed by atoms with Crippen LogP contribution in [-0.2, 0) is 17.6 Å². The molecule has 1 amide bonds. The topological polar surface area (TPSA) is 24.7 Å². The zero-order valence-corrected chi connectivity index (χ0v) is 11.0. The molecule has 2 aromatic carbocycles. The fourth-order valence-electron chi connectivity index (χ4n) is 2.69. The number of fused-ring (bicyclic) bond motifs is 2. The normalized spacial score (nSPS) is 12.8. The molecule has 0 fully saturated rings. The van der Waals surface area contributed by atoms with Gasteiger partial charge in [-0.15, -0.1) is 0 Å². The third-order valence-corrected chi connectivity index (χ3v) is 3.59. The summed E-state index contributed by atoms with van der Waals surface area (Å²) in [6.45, 7) is 6.83. The van der Waals surface area contributed by atoms with Crippen LogP contribution < -0.4 is 4.90 Å². The summed E-state index contributed by atoms with van der Waals surface area (Å²) in [4.78, 5) is 17.3. The molecular formula is C17H14N2O. The summed E-state index contributed by atoms with van der Waals surface area (Å²) in [6.07, 6.45) is 1.82. The van der Waals surface area contributed by atoms with Gasteiger partial charge in [-0.25, -0.2) is 6.57 Å². The van der Waals surface area contributed by atoms with Crippen LogP contribution in [0.1, 0.15) is 11.1 Å². The molecule has 0 aromatic heterocycles. The lowest BCUT2D eigenvalue weighted by Gasteiger charge is -2.22. The van der Waals surface area contributed by atoms with Crippen molar-refractivity contribution >= 4 is 17.3 Å². The van der Waals surface area contributed by atoms with E-state index in [0.717, 1.165) is 35.3 Å². The van der Waals surface area contributed by atoms with E-state index in [4.69, 9.17) is 6.57 Å². The van der Waals surface area contributed by atoms with E-state index in [0.29, 0.717) is 0 Å². The summed E-state index contributed by atoms with van der Waals surface area (Å²) in [5.41, 5.74) is 4.13. The first-order valence-electron chi connectivity index (χ1n) is 6.63. The standard InChI is InChI=1S/C17H14N2O/c1-18-12-17(20)19-15-8-4-2-6-13(15)10-11-14-7-3-5-9-16(14)19/h2-9H,10-12H2. The minimum Gasteiger partial charge on any atom is -0.306 e. The van der Waals surface area contributed by atoms with Crippen molar-refractivity contribution in [3.63, 3.8) is 0 Å². The molecule has 20 heavy (non-hydrogen) atoms. The van der Waals surface area contributed by atoms with E-state index in [9.17, 15) is 4.79 Å². The number of anilines is 2. The minimum absolute atomic E-state index is 0.122. The summed E-state index contributed by atoms with van der Waals surface area (Å²) >= 11 is 0. The number of benzene rings is 2. The highest BCUT2D eigenvalue weighted by Crippen LogP contribution is 2.35. The van der Waals surface area contributed by atoms with Gasteiger partial charge >= 0.3 is 5.91 Å². The average Bonchev–Trinajstić information content (AvgIpc) is 2.64. The van der Waals surface area contributed by atoms with Crippen LogP contribution in [-0.4, -0.2) is 12.5 Å². The van der Waals surface area contributed by atoms with Crippen LogP contribution >= 0.6 is 0 Å². The molecule has 0 aliphatic carbocycles. The highest BCUT2D eigenvalue weighted by Gasteiger charge is 2.26. The van der Waals surface area contributed by atoms with Crippen LogP contribution in [0.4, 0.5) is 11.4 Å². The predicted molar refractivity (Wildman–Crippen MR) is 78.9 cm³/mol. The predicted octanol–water partition coefficient (Wildman–Crippen LogP) is 3.37. The van der Waals surface area contributed by atoms with E-state index in [1.807, 2.05) is 36.4 Å². The fraction of sp³-hybridized carbons (Fsp3) is 0.176. The Kier molecular flexibility index (Phi) is 3.22. The van der Waals surface area contributed by atoms with Crippen molar-refractivity contribution < 1.29 is 4.79 Å². The molecule has 0 saturated carbocycles. The van der Waals surface area contributed by atoms with Gasteiger partial charge < -0.3 is 4.85 Å².